The Bertz CT molecular complexity index is 608. The molecule has 2 rings (SSSR count). The molecule has 0 radical (unpaired) electrons. The normalized spacial score (nSPS) is 12.6. The van der Waals surface area contributed by atoms with Crippen molar-refractivity contribution in [2.75, 3.05) is 13.7 Å². The van der Waals surface area contributed by atoms with Crippen LogP contribution in [0.15, 0.2) is 54.9 Å². The molecule has 0 aliphatic carbocycles. The minimum absolute atomic E-state index is 0.368. The van der Waals surface area contributed by atoms with Crippen LogP contribution in [0.3, 0.4) is 0 Å². The Morgan fingerprint density at radius 3 is 2.56 bits per heavy atom. The zero-order valence-electron chi connectivity index (χ0n) is 15.1. The molecular weight excluding hydrogens is 310 g/mol. The molecule has 134 valence electrons. The third kappa shape index (κ3) is 8.10. The molecule has 1 aromatic carbocycles. The molecule has 0 saturated carbocycles. The van der Waals surface area contributed by atoms with Crippen LogP contribution < -0.4 is 0 Å². The number of hydrogen-bond acceptors (Lipinski definition) is 3. The van der Waals surface area contributed by atoms with Crippen molar-refractivity contribution in [2.24, 2.45) is 0 Å². The first-order chi connectivity index (χ1) is 12.3. The second kappa shape index (κ2) is 11.6. The zero-order chi connectivity index (χ0) is 17.7. The van der Waals surface area contributed by atoms with Crippen molar-refractivity contribution in [2.45, 2.75) is 44.6 Å². The van der Waals surface area contributed by atoms with Gasteiger partial charge in [0.25, 0.3) is 0 Å². The second-order valence-corrected chi connectivity index (χ2v) is 6.37. The van der Waals surface area contributed by atoms with E-state index in [9.17, 15) is 5.11 Å². The summed E-state index contributed by atoms with van der Waals surface area (Å²) in [5.74, 6) is 0. The van der Waals surface area contributed by atoms with Gasteiger partial charge >= 0.3 is 0 Å². The summed E-state index contributed by atoms with van der Waals surface area (Å²) in [6, 6.07) is 12.6. The summed E-state index contributed by atoms with van der Waals surface area (Å²) in [6.45, 7) is 0.805. The lowest BCUT2D eigenvalue weighted by atomic mass is 10.0. The molecule has 0 amide bonds. The Balaban J connectivity index is 1.71. The van der Waals surface area contributed by atoms with Crippen molar-refractivity contribution in [3.05, 3.63) is 71.6 Å². The summed E-state index contributed by atoms with van der Waals surface area (Å²) in [6.07, 6.45) is 13.3. The van der Waals surface area contributed by atoms with E-state index in [0.29, 0.717) is 0 Å². The Labute approximate surface area is 151 Å². The number of aryl methyl sites for hydroxylation is 2. The number of pyridine rings is 1. The number of aliphatic hydroxyl groups excluding tert-OH is 1. The van der Waals surface area contributed by atoms with Gasteiger partial charge in [0.2, 0.25) is 0 Å². The first-order valence-electron chi connectivity index (χ1n) is 9.11. The van der Waals surface area contributed by atoms with E-state index < -0.39 is 0 Å². The number of unbranched alkanes of at least 4 members (excludes halogenated alkanes) is 2. The number of nitrogens with zero attached hydrogens (tertiary/aromatic N) is 1. The predicted octanol–water partition coefficient (Wildman–Crippen LogP) is 4.45. The van der Waals surface area contributed by atoms with Crippen molar-refractivity contribution >= 4 is 6.08 Å². The van der Waals surface area contributed by atoms with Crippen LogP contribution in [0.1, 0.15) is 42.4 Å². The summed E-state index contributed by atoms with van der Waals surface area (Å²) in [4.78, 5) is 4.15. The number of rotatable bonds is 11. The van der Waals surface area contributed by atoms with Crippen LogP contribution in [0.4, 0.5) is 0 Å². The Morgan fingerprint density at radius 1 is 1.04 bits per heavy atom. The van der Waals surface area contributed by atoms with Crippen LogP contribution in [0, 0.1) is 0 Å². The van der Waals surface area contributed by atoms with Crippen LogP contribution >= 0.6 is 0 Å². The van der Waals surface area contributed by atoms with Crippen LogP contribution in [-0.4, -0.2) is 29.9 Å². The van der Waals surface area contributed by atoms with Crippen molar-refractivity contribution in [3.8, 4) is 0 Å². The van der Waals surface area contributed by atoms with Crippen molar-refractivity contribution in [1.82, 2.24) is 4.98 Å². The van der Waals surface area contributed by atoms with Crippen LogP contribution in [0.5, 0.6) is 0 Å². The van der Waals surface area contributed by atoms with Gasteiger partial charge in [0.05, 0.1) is 6.10 Å². The summed E-state index contributed by atoms with van der Waals surface area (Å²) in [5.41, 5.74) is 3.71. The quantitative estimate of drug-likeness (QED) is 0.615. The molecule has 1 unspecified atom stereocenters. The van der Waals surface area contributed by atoms with E-state index in [-0.39, 0.29) is 6.10 Å². The molecule has 0 bridgehead atoms. The van der Waals surface area contributed by atoms with Crippen molar-refractivity contribution in [1.29, 1.82) is 0 Å². The Morgan fingerprint density at radius 2 is 1.84 bits per heavy atom. The van der Waals surface area contributed by atoms with Crippen LogP contribution in [-0.2, 0) is 17.6 Å². The molecule has 1 atom stereocenters. The van der Waals surface area contributed by atoms with Gasteiger partial charge in [0, 0.05) is 26.1 Å². The van der Waals surface area contributed by atoms with E-state index in [2.05, 4.69) is 35.3 Å². The molecule has 1 aromatic heterocycles. The average molecular weight is 339 g/mol. The fraction of sp³-hybridized carbons (Fsp3) is 0.409. The van der Waals surface area contributed by atoms with Gasteiger partial charge < -0.3 is 9.84 Å². The Kier molecular flexibility index (Phi) is 8.95. The maximum atomic E-state index is 10.0. The first-order valence-corrected chi connectivity index (χ1v) is 9.11. The monoisotopic (exact) mass is 339 g/mol. The summed E-state index contributed by atoms with van der Waals surface area (Å²) in [5, 5.41) is 10.0. The topological polar surface area (TPSA) is 42.4 Å². The van der Waals surface area contributed by atoms with Gasteiger partial charge in [-0.3, -0.25) is 4.98 Å². The highest BCUT2D eigenvalue weighted by molar-refractivity contribution is 5.50. The molecule has 0 aliphatic heterocycles. The van der Waals surface area contributed by atoms with Crippen LogP contribution in [0.25, 0.3) is 6.08 Å². The maximum Gasteiger partial charge on any atom is 0.0724 e. The maximum absolute atomic E-state index is 10.0. The second-order valence-electron chi connectivity index (χ2n) is 6.37. The van der Waals surface area contributed by atoms with E-state index in [1.165, 1.54) is 11.1 Å². The van der Waals surface area contributed by atoms with Gasteiger partial charge in [-0.1, -0.05) is 55.3 Å². The fourth-order valence-corrected chi connectivity index (χ4v) is 2.73. The number of methoxy groups -OCH3 is 1. The molecular formula is C22H29NO2. The minimum Gasteiger partial charge on any atom is -0.389 e. The number of benzene rings is 1. The van der Waals surface area contributed by atoms with Crippen molar-refractivity contribution < 1.29 is 9.84 Å². The number of aliphatic hydroxyl groups is 1. The van der Waals surface area contributed by atoms with Gasteiger partial charge in [-0.25, -0.2) is 0 Å². The third-order valence-electron chi connectivity index (χ3n) is 4.26. The highest BCUT2D eigenvalue weighted by atomic mass is 16.5. The highest BCUT2D eigenvalue weighted by Gasteiger charge is 2.00. The molecule has 0 spiro atoms. The Hall–Kier alpha value is -1.97. The molecule has 2 aromatic rings. The summed E-state index contributed by atoms with van der Waals surface area (Å²) in [7, 11) is 1.72. The number of hydrogen-bond donors (Lipinski definition) is 1. The molecule has 0 fully saturated rings. The first kappa shape index (κ1) is 19.4. The average Bonchev–Trinajstić information content (AvgIpc) is 2.66. The summed E-state index contributed by atoms with van der Waals surface area (Å²) < 4.78 is 5.03. The largest absolute Gasteiger partial charge is 0.389 e. The molecule has 1 heterocycles. The van der Waals surface area contributed by atoms with Crippen molar-refractivity contribution in [3.63, 3.8) is 0 Å². The van der Waals surface area contributed by atoms with Gasteiger partial charge in [-0.05, 0) is 48.4 Å². The minimum atomic E-state index is -0.368. The molecule has 0 aliphatic rings. The van der Waals surface area contributed by atoms with E-state index >= 15 is 0 Å². The zero-order valence-corrected chi connectivity index (χ0v) is 15.1. The predicted molar refractivity (Wildman–Crippen MR) is 103 cm³/mol. The van der Waals surface area contributed by atoms with Gasteiger partial charge in [0.1, 0.15) is 0 Å². The lowest BCUT2D eigenvalue weighted by Crippen LogP contribution is -2.01. The van der Waals surface area contributed by atoms with Gasteiger partial charge in [-0.2, -0.15) is 0 Å². The van der Waals surface area contributed by atoms with Gasteiger partial charge in [0.15, 0.2) is 0 Å². The van der Waals surface area contributed by atoms with Gasteiger partial charge in [-0.15, -0.1) is 0 Å². The SMILES string of the molecule is COCCCCCC(O)/C=C/c1ccc(CCc2cccnc2)cc1. The molecule has 1 N–H and O–H groups in total. The standard InChI is InChI=1S/C22H29NO2/c1-25-17-4-2-3-7-22(24)15-14-20-10-8-19(9-11-20)12-13-21-6-5-16-23-18-21/h5-6,8-11,14-16,18,22,24H,2-4,7,12-13,17H2,1H3/b15-14+. The molecule has 0 saturated heterocycles. The lowest BCUT2D eigenvalue weighted by molar-refractivity contribution is 0.184. The molecule has 25 heavy (non-hydrogen) atoms. The third-order valence-corrected chi connectivity index (χ3v) is 4.26. The highest BCUT2D eigenvalue weighted by Crippen LogP contribution is 2.11. The van der Waals surface area contributed by atoms with Crippen LogP contribution in [0.2, 0.25) is 0 Å². The number of aromatic nitrogens is 1. The summed E-state index contributed by atoms with van der Waals surface area (Å²) >= 11 is 0. The van der Waals surface area contributed by atoms with E-state index in [1.54, 1.807) is 13.3 Å². The lowest BCUT2D eigenvalue weighted by Gasteiger charge is -2.06. The van der Waals surface area contributed by atoms with E-state index in [4.69, 9.17) is 4.74 Å². The molecule has 3 nitrogen and oxygen atoms in total. The van der Waals surface area contributed by atoms with E-state index in [1.807, 2.05) is 24.4 Å². The molecule has 3 heteroatoms. The smallest absolute Gasteiger partial charge is 0.0724 e. The fourth-order valence-electron chi connectivity index (χ4n) is 2.73. The van der Waals surface area contributed by atoms with E-state index in [0.717, 1.165) is 50.7 Å². The number of ether oxygens (including phenoxy) is 1.